The largest absolute Gasteiger partial charge is 0.490 e. The van der Waals surface area contributed by atoms with Gasteiger partial charge in [-0.05, 0) is 106 Å². The number of methoxy groups -OCH3 is 1. The van der Waals surface area contributed by atoms with E-state index in [1.165, 1.54) is 11.1 Å². The quantitative estimate of drug-likeness (QED) is 0.240. The second-order valence-electron chi connectivity index (χ2n) is 15.5. The number of benzene rings is 2. The van der Waals surface area contributed by atoms with Gasteiger partial charge in [0, 0.05) is 75.5 Å². The number of piperazine rings is 1. The molecule has 0 unspecified atom stereocenters. The van der Waals surface area contributed by atoms with E-state index < -0.39 is 26.8 Å². The third kappa shape index (κ3) is 8.19. The molecule has 1 N–H and O–H groups in total. The van der Waals surface area contributed by atoms with Gasteiger partial charge in [0.25, 0.3) is 5.91 Å². The van der Waals surface area contributed by atoms with Gasteiger partial charge in [-0.3, -0.25) is 14.6 Å². The van der Waals surface area contributed by atoms with Crippen LogP contribution in [0.25, 0.3) is 0 Å². The Hall–Kier alpha value is -2.70. The summed E-state index contributed by atoms with van der Waals surface area (Å²) in [4.78, 5) is 20.4. The van der Waals surface area contributed by atoms with E-state index in [-0.39, 0.29) is 23.6 Å². The molecule has 2 aromatic carbocycles. The predicted molar refractivity (Wildman–Crippen MR) is 206 cm³/mol. The Kier molecular flexibility index (Phi) is 12.3. The minimum absolute atomic E-state index is 0.257. The lowest BCUT2D eigenvalue weighted by molar-refractivity contribution is -0.0955. The maximum absolute atomic E-state index is 13.4. The standard InChI is InChI=1S/C40H56ClFN4O5S/c1-5-6-16-40(50-4,27-45-21-19-44(18-17-42)20-22-45)35-12-9-32(35)25-46-26-39(15-7-8-30-23-33(41)11-13-34(30)39)28-51-37-14-10-31(24-36(37)46)38(47)43-52(48,49)29(2)3/h6,10-11,13-14,16,23-24,29,32,35H,5,7-9,12,15,17-22,25-28H2,1-4H3,(H,43,47)/b16-6+/t32-,35+,39-,40-/m0/s1. The lowest BCUT2D eigenvalue weighted by Gasteiger charge is -2.52. The summed E-state index contributed by atoms with van der Waals surface area (Å²) in [5, 5.41) is -0.0103. The molecular formula is C40H56ClFN4O5S. The van der Waals surface area contributed by atoms with Crippen LogP contribution in [-0.2, 0) is 26.6 Å². The number of amides is 1. The molecule has 12 heteroatoms. The van der Waals surface area contributed by atoms with Crippen molar-refractivity contribution in [2.24, 2.45) is 11.8 Å². The van der Waals surface area contributed by atoms with Crippen LogP contribution in [-0.4, -0.2) is 108 Å². The molecule has 2 aliphatic heterocycles. The van der Waals surface area contributed by atoms with E-state index in [2.05, 4.69) is 50.6 Å². The van der Waals surface area contributed by atoms with E-state index in [0.29, 0.717) is 31.4 Å². The van der Waals surface area contributed by atoms with E-state index in [1.54, 1.807) is 26.0 Å². The number of hydrogen-bond acceptors (Lipinski definition) is 8. The van der Waals surface area contributed by atoms with Crippen LogP contribution in [0.3, 0.4) is 0 Å². The van der Waals surface area contributed by atoms with Gasteiger partial charge in [0.15, 0.2) is 0 Å². The number of fused-ring (bicyclic) bond motifs is 3. The van der Waals surface area contributed by atoms with Crippen molar-refractivity contribution in [3.63, 3.8) is 0 Å². The zero-order valence-corrected chi connectivity index (χ0v) is 32.8. The van der Waals surface area contributed by atoms with Gasteiger partial charge in [0.05, 0.1) is 17.5 Å². The molecular weight excluding hydrogens is 703 g/mol. The van der Waals surface area contributed by atoms with Gasteiger partial charge >= 0.3 is 0 Å². The summed E-state index contributed by atoms with van der Waals surface area (Å²) in [5.41, 5.74) is 2.82. The molecule has 1 amide bonds. The van der Waals surface area contributed by atoms with Crippen molar-refractivity contribution in [1.82, 2.24) is 14.5 Å². The van der Waals surface area contributed by atoms with Crippen LogP contribution in [0.4, 0.5) is 10.1 Å². The van der Waals surface area contributed by atoms with Gasteiger partial charge in [-0.1, -0.05) is 36.7 Å². The number of halogens is 2. The molecule has 1 spiro atoms. The van der Waals surface area contributed by atoms with Crippen LogP contribution in [0.5, 0.6) is 5.75 Å². The van der Waals surface area contributed by atoms with Gasteiger partial charge in [0.1, 0.15) is 18.0 Å². The number of carbonyl (C=O) groups is 1. The highest BCUT2D eigenvalue weighted by Gasteiger charge is 2.49. The first-order chi connectivity index (χ1) is 24.9. The molecule has 2 aliphatic carbocycles. The van der Waals surface area contributed by atoms with Crippen molar-refractivity contribution < 1.29 is 27.1 Å². The lowest BCUT2D eigenvalue weighted by Crippen LogP contribution is -2.59. The smallest absolute Gasteiger partial charge is 0.264 e. The van der Waals surface area contributed by atoms with Gasteiger partial charge in [-0.2, -0.15) is 0 Å². The van der Waals surface area contributed by atoms with E-state index in [0.717, 1.165) is 88.5 Å². The Morgan fingerprint density at radius 3 is 2.60 bits per heavy atom. The number of allylic oxidation sites excluding steroid dienone is 1. The molecule has 286 valence electrons. The number of anilines is 1. The Morgan fingerprint density at radius 1 is 1.15 bits per heavy atom. The topological polar surface area (TPSA) is 91.4 Å². The van der Waals surface area contributed by atoms with Crippen molar-refractivity contribution in [2.45, 2.75) is 75.6 Å². The van der Waals surface area contributed by atoms with Crippen molar-refractivity contribution >= 4 is 33.2 Å². The van der Waals surface area contributed by atoms with Crippen LogP contribution >= 0.6 is 11.6 Å². The van der Waals surface area contributed by atoms with Gasteiger partial charge in [0.2, 0.25) is 10.0 Å². The predicted octanol–water partition coefficient (Wildman–Crippen LogP) is 6.25. The Balaban J connectivity index is 1.33. The average Bonchev–Trinajstić information content (AvgIpc) is 3.26. The molecule has 0 aromatic heterocycles. The number of carbonyl (C=O) groups excluding carboxylic acids is 1. The summed E-state index contributed by atoms with van der Waals surface area (Å²) in [5.74, 6) is 0.591. The second-order valence-corrected chi connectivity index (χ2v) is 18.2. The van der Waals surface area contributed by atoms with Crippen molar-refractivity contribution in [2.75, 3.05) is 77.6 Å². The highest BCUT2D eigenvalue weighted by Crippen LogP contribution is 2.49. The summed E-state index contributed by atoms with van der Waals surface area (Å²) >= 11 is 6.48. The first-order valence-electron chi connectivity index (χ1n) is 19.0. The van der Waals surface area contributed by atoms with E-state index in [1.807, 2.05) is 19.2 Å². The third-order valence-corrected chi connectivity index (χ3v) is 14.0. The van der Waals surface area contributed by atoms with E-state index in [9.17, 15) is 17.6 Å². The third-order valence-electron chi connectivity index (χ3n) is 12.0. The maximum atomic E-state index is 13.4. The normalized spacial score (nSPS) is 25.2. The number of sulfonamides is 1. The minimum Gasteiger partial charge on any atom is -0.490 e. The van der Waals surface area contributed by atoms with Crippen LogP contribution in [0.1, 0.15) is 74.4 Å². The molecule has 1 saturated heterocycles. The SMILES string of the molecule is CC/C=C/[C@@](CN1CCN(CCF)CC1)(OC)[C@@H]1CC[C@H]1CN1C[C@@]2(CCCc3cc(Cl)ccc32)COc2ccc(C(=O)NS(=O)(=O)C(C)C)cc21. The number of ether oxygens (including phenoxy) is 2. The Labute approximate surface area is 314 Å². The number of alkyl halides is 1. The molecule has 0 bridgehead atoms. The van der Waals surface area contributed by atoms with Crippen molar-refractivity contribution in [3.8, 4) is 5.75 Å². The molecule has 6 rings (SSSR count). The molecule has 9 nitrogen and oxygen atoms in total. The average molecular weight is 759 g/mol. The number of hydrogen-bond donors (Lipinski definition) is 1. The molecule has 0 radical (unpaired) electrons. The molecule has 2 fully saturated rings. The second kappa shape index (κ2) is 16.3. The number of nitrogens with one attached hydrogen (secondary N) is 1. The zero-order valence-electron chi connectivity index (χ0n) is 31.2. The van der Waals surface area contributed by atoms with Crippen molar-refractivity contribution in [1.29, 1.82) is 0 Å². The van der Waals surface area contributed by atoms with Crippen LogP contribution < -0.4 is 14.4 Å². The summed E-state index contributed by atoms with van der Waals surface area (Å²) in [6.45, 7) is 11.6. The first kappa shape index (κ1) is 39.0. The Bertz CT molecular complexity index is 1720. The summed E-state index contributed by atoms with van der Waals surface area (Å²) < 4.78 is 53.9. The molecule has 4 aliphatic rings. The van der Waals surface area contributed by atoms with Gasteiger partial charge < -0.3 is 14.4 Å². The van der Waals surface area contributed by atoms with Gasteiger partial charge in [-0.25, -0.2) is 17.5 Å². The van der Waals surface area contributed by atoms with Crippen LogP contribution in [0.2, 0.25) is 5.02 Å². The molecule has 52 heavy (non-hydrogen) atoms. The fourth-order valence-electron chi connectivity index (χ4n) is 8.81. The van der Waals surface area contributed by atoms with Crippen LogP contribution in [0, 0.1) is 11.8 Å². The summed E-state index contributed by atoms with van der Waals surface area (Å²) in [6, 6.07) is 11.5. The highest BCUT2D eigenvalue weighted by molar-refractivity contribution is 7.90. The van der Waals surface area contributed by atoms with E-state index >= 15 is 0 Å². The monoisotopic (exact) mass is 758 g/mol. The Morgan fingerprint density at radius 2 is 1.92 bits per heavy atom. The molecule has 2 heterocycles. The lowest BCUT2D eigenvalue weighted by atomic mass is 9.63. The molecule has 1 saturated carbocycles. The fourth-order valence-corrected chi connectivity index (χ4v) is 9.62. The zero-order chi connectivity index (χ0) is 37.1. The molecule has 2 aromatic rings. The van der Waals surface area contributed by atoms with Crippen LogP contribution in [0.15, 0.2) is 48.6 Å². The van der Waals surface area contributed by atoms with E-state index in [4.69, 9.17) is 21.1 Å². The summed E-state index contributed by atoms with van der Waals surface area (Å²) in [7, 11) is -1.98. The number of nitrogens with zero attached hydrogens (tertiary/aromatic N) is 3. The fraction of sp³-hybridized carbons (Fsp3) is 0.625. The maximum Gasteiger partial charge on any atom is 0.264 e. The first-order valence-corrected chi connectivity index (χ1v) is 20.9. The van der Waals surface area contributed by atoms with Crippen molar-refractivity contribution in [3.05, 3.63) is 70.3 Å². The number of aryl methyl sites for hydroxylation is 1. The highest BCUT2D eigenvalue weighted by atomic mass is 35.5. The summed E-state index contributed by atoms with van der Waals surface area (Å²) in [6.07, 6.45) is 10.4. The minimum atomic E-state index is -3.81. The number of rotatable bonds is 13. The van der Waals surface area contributed by atoms with Gasteiger partial charge in [-0.15, -0.1) is 0 Å². The molecule has 4 atom stereocenters.